The molecule has 1 amide bonds. The minimum absolute atomic E-state index is 0.0419. The van der Waals surface area contributed by atoms with Gasteiger partial charge in [-0.15, -0.1) is 11.3 Å². The highest BCUT2D eigenvalue weighted by Crippen LogP contribution is 2.32. The lowest BCUT2D eigenvalue weighted by atomic mass is 10.2. The molecule has 0 bridgehead atoms. The highest BCUT2D eigenvalue weighted by molar-refractivity contribution is 8.18. The number of carbonyl (C=O) groups excluding carboxylic acids is 1. The van der Waals surface area contributed by atoms with Crippen LogP contribution in [0.5, 0.6) is 0 Å². The number of benzene rings is 1. The summed E-state index contributed by atoms with van der Waals surface area (Å²) in [5.41, 5.74) is 2.04. The Bertz CT molecular complexity index is 806. The second-order valence-electron chi connectivity index (χ2n) is 4.93. The van der Waals surface area contributed by atoms with Crippen LogP contribution in [0.1, 0.15) is 11.3 Å². The largest absolute Gasteiger partial charge is 0.289 e. The van der Waals surface area contributed by atoms with E-state index < -0.39 is 0 Å². The van der Waals surface area contributed by atoms with Gasteiger partial charge in [0, 0.05) is 12.4 Å². The summed E-state index contributed by atoms with van der Waals surface area (Å²) in [6.45, 7) is 1.93. The molecular formula is C17H15N3OS2. The van der Waals surface area contributed by atoms with Crippen molar-refractivity contribution in [2.45, 2.75) is 6.92 Å². The van der Waals surface area contributed by atoms with E-state index in [9.17, 15) is 4.79 Å². The second-order valence-corrected chi connectivity index (χ2v) is 6.78. The van der Waals surface area contributed by atoms with Crippen molar-refractivity contribution in [3.63, 3.8) is 0 Å². The first kappa shape index (κ1) is 15.7. The van der Waals surface area contributed by atoms with Crippen LogP contribution in [0.3, 0.4) is 0 Å². The number of amidine groups is 1. The van der Waals surface area contributed by atoms with E-state index in [0.29, 0.717) is 15.2 Å². The topological polar surface area (TPSA) is 45.6 Å². The van der Waals surface area contributed by atoms with Gasteiger partial charge in [-0.05, 0) is 30.3 Å². The molecule has 1 saturated heterocycles. The number of carbonyl (C=O) groups is 1. The van der Waals surface area contributed by atoms with Gasteiger partial charge in [0.25, 0.3) is 5.91 Å². The fourth-order valence-corrected chi connectivity index (χ4v) is 3.59. The van der Waals surface area contributed by atoms with E-state index in [1.165, 1.54) is 23.1 Å². The van der Waals surface area contributed by atoms with Gasteiger partial charge in [-0.1, -0.05) is 42.5 Å². The van der Waals surface area contributed by atoms with Crippen molar-refractivity contribution in [3.8, 4) is 0 Å². The summed E-state index contributed by atoms with van der Waals surface area (Å²) >= 11 is 2.84. The lowest BCUT2D eigenvalue weighted by molar-refractivity contribution is -0.121. The summed E-state index contributed by atoms with van der Waals surface area (Å²) in [6.07, 6.45) is 5.69. The Morgan fingerprint density at radius 2 is 2.04 bits per heavy atom. The monoisotopic (exact) mass is 341 g/mol. The normalized spacial score (nSPS) is 18.7. The van der Waals surface area contributed by atoms with Crippen molar-refractivity contribution in [1.82, 2.24) is 9.88 Å². The molecular weight excluding hydrogens is 326 g/mol. The van der Waals surface area contributed by atoms with Gasteiger partial charge in [-0.3, -0.25) is 9.69 Å². The third-order valence-corrected chi connectivity index (χ3v) is 5.07. The molecule has 1 aliphatic rings. The number of allylic oxidation sites excluding steroid dienone is 2. The molecule has 23 heavy (non-hydrogen) atoms. The van der Waals surface area contributed by atoms with Crippen LogP contribution in [0.2, 0.25) is 0 Å². The maximum Gasteiger partial charge on any atom is 0.266 e. The molecule has 0 N–H and O–H groups in total. The van der Waals surface area contributed by atoms with E-state index >= 15 is 0 Å². The number of likely N-dealkylation sites (N-methyl/N-ethyl adjacent to an activating group) is 1. The Kier molecular flexibility index (Phi) is 4.73. The molecule has 0 unspecified atom stereocenters. The average molecular weight is 341 g/mol. The number of thiazole rings is 1. The summed E-state index contributed by atoms with van der Waals surface area (Å²) in [6, 6.07) is 9.97. The Balaban J connectivity index is 1.77. The molecule has 0 saturated carbocycles. The lowest BCUT2D eigenvalue weighted by Crippen LogP contribution is -2.23. The van der Waals surface area contributed by atoms with E-state index in [1.807, 2.05) is 60.9 Å². The number of hydrogen-bond acceptors (Lipinski definition) is 5. The predicted octanol–water partition coefficient (Wildman–Crippen LogP) is 4.24. The zero-order valence-electron chi connectivity index (χ0n) is 12.8. The van der Waals surface area contributed by atoms with Crippen molar-refractivity contribution in [1.29, 1.82) is 0 Å². The summed E-state index contributed by atoms with van der Waals surface area (Å²) in [5.74, 6) is -0.0419. The maximum absolute atomic E-state index is 12.3. The molecule has 2 aromatic rings. The fourth-order valence-electron chi connectivity index (χ4n) is 1.95. The van der Waals surface area contributed by atoms with Crippen molar-refractivity contribution < 1.29 is 4.79 Å². The predicted molar refractivity (Wildman–Crippen MR) is 97.9 cm³/mol. The minimum atomic E-state index is -0.0419. The van der Waals surface area contributed by atoms with Gasteiger partial charge in [0.05, 0.1) is 10.6 Å². The first-order valence-electron chi connectivity index (χ1n) is 7.03. The van der Waals surface area contributed by atoms with Crippen LogP contribution in [0.15, 0.2) is 57.8 Å². The molecule has 1 aromatic carbocycles. The van der Waals surface area contributed by atoms with Gasteiger partial charge in [0.15, 0.2) is 5.17 Å². The van der Waals surface area contributed by atoms with Crippen molar-refractivity contribution in [2.75, 3.05) is 7.05 Å². The van der Waals surface area contributed by atoms with E-state index in [-0.39, 0.29) is 5.91 Å². The Morgan fingerprint density at radius 1 is 1.26 bits per heavy atom. The molecule has 1 aromatic heterocycles. The maximum atomic E-state index is 12.3. The molecule has 3 rings (SSSR count). The highest BCUT2D eigenvalue weighted by atomic mass is 32.2. The van der Waals surface area contributed by atoms with Crippen LogP contribution < -0.4 is 0 Å². The molecule has 1 aliphatic heterocycles. The quantitative estimate of drug-likeness (QED) is 0.784. The van der Waals surface area contributed by atoms with Gasteiger partial charge in [-0.2, -0.15) is 4.99 Å². The van der Waals surface area contributed by atoms with Gasteiger partial charge >= 0.3 is 0 Å². The van der Waals surface area contributed by atoms with Gasteiger partial charge < -0.3 is 0 Å². The van der Waals surface area contributed by atoms with Crippen LogP contribution in [-0.4, -0.2) is 28.0 Å². The number of aryl methyl sites for hydroxylation is 1. The summed E-state index contributed by atoms with van der Waals surface area (Å²) in [4.78, 5) is 23.2. The number of aliphatic imine (C=N–C) groups is 1. The molecule has 6 heteroatoms. The van der Waals surface area contributed by atoms with Crippen molar-refractivity contribution in [3.05, 3.63) is 64.0 Å². The SMILES string of the molecule is Cc1csc(/N=C2/S/C(=C\C=C\c3ccccc3)C(=O)N2C)n1. The Hall–Kier alpha value is -2.18. The molecule has 116 valence electrons. The molecule has 1 fully saturated rings. The van der Waals surface area contributed by atoms with E-state index in [1.54, 1.807) is 11.9 Å². The third kappa shape index (κ3) is 3.78. The van der Waals surface area contributed by atoms with Crippen molar-refractivity contribution >= 4 is 45.4 Å². The Morgan fingerprint density at radius 3 is 2.74 bits per heavy atom. The van der Waals surface area contributed by atoms with E-state index in [2.05, 4.69) is 9.98 Å². The average Bonchev–Trinajstić information content (AvgIpc) is 3.08. The smallest absolute Gasteiger partial charge is 0.266 e. The van der Waals surface area contributed by atoms with Crippen LogP contribution >= 0.6 is 23.1 Å². The van der Waals surface area contributed by atoms with Crippen molar-refractivity contribution in [2.24, 2.45) is 4.99 Å². The molecule has 0 atom stereocenters. The number of rotatable bonds is 3. The third-order valence-electron chi connectivity index (χ3n) is 3.14. The van der Waals surface area contributed by atoms with Crippen LogP contribution in [0.4, 0.5) is 5.13 Å². The molecule has 0 spiro atoms. The first-order valence-corrected chi connectivity index (χ1v) is 8.73. The number of aromatic nitrogens is 1. The van der Waals surface area contributed by atoms with Crippen LogP contribution in [0, 0.1) is 6.92 Å². The summed E-state index contributed by atoms with van der Waals surface area (Å²) in [5, 5.41) is 3.27. The highest BCUT2D eigenvalue weighted by Gasteiger charge is 2.30. The summed E-state index contributed by atoms with van der Waals surface area (Å²) < 4.78 is 0. The molecule has 2 heterocycles. The van der Waals surface area contributed by atoms with Crippen LogP contribution in [-0.2, 0) is 4.79 Å². The molecule has 0 aliphatic carbocycles. The van der Waals surface area contributed by atoms with Gasteiger partial charge in [-0.25, -0.2) is 4.98 Å². The number of thioether (sulfide) groups is 1. The fraction of sp³-hybridized carbons (Fsp3) is 0.118. The van der Waals surface area contributed by atoms with Gasteiger partial charge in [0.1, 0.15) is 0 Å². The number of hydrogen-bond donors (Lipinski definition) is 0. The number of nitrogens with zero attached hydrogens (tertiary/aromatic N) is 3. The number of amides is 1. The Labute approximate surface area is 143 Å². The van der Waals surface area contributed by atoms with Crippen LogP contribution in [0.25, 0.3) is 6.08 Å². The minimum Gasteiger partial charge on any atom is -0.289 e. The van der Waals surface area contributed by atoms with E-state index in [0.717, 1.165) is 11.3 Å². The van der Waals surface area contributed by atoms with Gasteiger partial charge in [0.2, 0.25) is 5.13 Å². The summed E-state index contributed by atoms with van der Waals surface area (Å²) in [7, 11) is 1.73. The second kappa shape index (κ2) is 6.93. The van der Waals surface area contributed by atoms with E-state index in [4.69, 9.17) is 0 Å². The lowest BCUT2D eigenvalue weighted by Gasteiger charge is -2.05. The molecule has 0 radical (unpaired) electrons. The zero-order chi connectivity index (χ0) is 16.2. The molecule has 4 nitrogen and oxygen atoms in total. The zero-order valence-corrected chi connectivity index (χ0v) is 14.4. The standard InChI is InChI=1S/C17H15N3OS2/c1-12-11-22-16(18-12)19-17-20(2)15(21)14(23-17)10-6-9-13-7-4-3-5-8-13/h3-11H,1-2H3/b9-6+,14-10-,19-17+. The first-order chi connectivity index (χ1) is 11.1.